The molecule has 2 fully saturated rings. The predicted molar refractivity (Wildman–Crippen MR) is 94.8 cm³/mol. The first kappa shape index (κ1) is 20.5. The maximum absolute atomic E-state index is 8.90. The van der Waals surface area contributed by atoms with Crippen molar-refractivity contribution in [3.05, 3.63) is 10.4 Å². The maximum Gasteiger partial charge on any atom is 0.166 e. The second-order valence-electron chi connectivity index (χ2n) is 7.63. The Morgan fingerprint density at radius 1 is 0.960 bits per heavy atom. The summed E-state index contributed by atoms with van der Waals surface area (Å²) in [5.41, 5.74) is 8.90. The van der Waals surface area contributed by atoms with E-state index in [0.717, 1.165) is 6.42 Å². The average molecular weight is 355 g/mol. The van der Waals surface area contributed by atoms with E-state index in [9.17, 15) is 0 Å². The highest BCUT2D eigenvalue weighted by Gasteiger charge is 2.47. The topological polar surface area (TPSA) is 85.7 Å². The Bertz CT molecular complexity index is 485. The zero-order valence-corrected chi connectivity index (χ0v) is 16.5. The fraction of sp³-hybridized carbons (Fsp3) is 1.00. The van der Waals surface area contributed by atoms with Gasteiger partial charge in [-0.25, -0.2) is 0 Å². The minimum absolute atomic E-state index is 0.0275. The molecule has 10 unspecified atom stereocenters. The second-order valence-corrected chi connectivity index (χ2v) is 7.63. The number of rotatable bonds is 5. The van der Waals surface area contributed by atoms with E-state index in [1.54, 1.807) is 7.11 Å². The van der Waals surface area contributed by atoms with E-state index in [1.807, 2.05) is 6.92 Å². The smallest absolute Gasteiger partial charge is 0.166 e. The third kappa shape index (κ3) is 4.12. The standard InChI is InChI=1S/C18H33N3O4/c1-8-14-16(12(5)15(20-21-19)18(22-7)24-14)25-17-11(4)9(2)10(3)13(6)23-17/h9-18H,8H2,1-7H3. The molecule has 25 heavy (non-hydrogen) atoms. The lowest BCUT2D eigenvalue weighted by Crippen LogP contribution is -2.56. The van der Waals surface area contributed by atoms with Crippen LogP contribution in [0.2, 0.25) is 0 Å². The molecule has 0 N–H and O–H groups in total. The zero-order valence-electron chi connectivity index (χ0n) is 16.5. The highest BCUT2D eigenvalue weighted by molar-refractivity contribution is 4.93. The molecule has 7 heteroatoms. The number of hydrogen-bond donors (Lipinski definition) is 0. The molecule has 0 amide bonds. The Kier molecular flexibility index (Phi) is 7.11. The molecule has 2 heterocycles. The number of nitrogens with zero attached hydrogens (tertiary/aromatic N) is 3. The van der Waals surface area contributed by atoms with Crippen molar-refractivity contribution in [2.75, 3.05) is 7.11 Å². The van der Waals surface area contributed by atoms with Crippen LogP contribution in [-0.2, 0) is 18.9 Å². The van der Waals surface area contributed by atoms with Gasteiger partial charge in [-0.15, -0.1) is 0 Å². The molecule has 0 aliphatic carbocycles. The van der Waals surface area contributed by atoms with Crippen molar-refractivity contribution >= 4 is 0 Å². The summed E-state index contributed by atoms with van der Waals surface area (Å²) < 4.78 is 24.0. The minimum atomic E-state index is -0.543. The van der Waals surface area contributed by atoms with Crippen molar-refractivity contribution in [3.8, 4) is 0 Å². The Hall–Kier alpha value is -0.850. The van der Waals surface area contributed by atoms with Crippen molar-refractivity contribution in [1.82, 2.24) is 0 Å². The molecule has 2 aliphatic heterocycles. The first-order chi connectivity index (χ1) is 11.8. The number of methoxy groups -OCH3 is 1. The van der Waals surface area contributed by atoms with E-state index in [1.165, 1.54) is 0 Å². The molecule has 7 nitrogen and oxygen atoms in total. The Labute approximate surface area is 151 Å². The van der Waals surface area contributed by atoms with E-state index in [2.05, 4.69) is 44.6 Å². The van der Waals surface area contributed by atoms with Gasteiger partial charge >= 0.3 is 0 Å². The van der Waals surface area contributed by atoms with Crippen LogP contribution in [0.5, 0.6) is 0 Å². The van der Waals surface area contributed by atoms with Gasteiger partial charge in [-0.3, -0.25) is 0 Å². The normalized spacial score (nSPS) is 48.0. The fourth-order valence-electron chi connectivity index (χ4n) is 3.99. The molecule has 0 radical (unpaired) electrons. The Morgan fingerprint density at radius 2 is 1.64 bits per heavy atom. The van der Waals surface area contributed by atoms with E-state index >= 15 is 0 Å². The molecule has 0 saturated carbocycles. The average Bonchev–Trinajstić information content (AvgIpc) is 2.61. The molecule has 2 rings (SSSR count). The number of hydrogen-bond acceptors (Lipinski definition) is 5. The molecule has 2 saturated heterocycles. The summed E-state index contributed by atoms with van der Waals surface area (Å²) in [6, 6.07) is -0.421. The van der Waals surface area contributed by atoms with Crippen LogP contribution in [0.15, 0.2) is 5.11 Å². The number of azide groups is 1. The van der Waals surface area contributed by atoms with Gasteiger partial charge in [0.25, 0.3) is 0 Å². The Morgan fingerprint density at radius 3 is 2.20 bits per heavy atom. The van der Waals surface area contributed by atoms with Crippen LogP contribution < -0.4 is 0 Å². The summed E-state index contributed by atoms with van der Waals surface area (Å²) >= 11 is 0. The van der Waals surface area contributed by atoms with Crippen LogP contribution >= 0.6 is 0 Å². The monoisotopic (exact) mass is 355 g/mol. The highest BCUT2D eigenvalue weighted by Crippen LogP contribution is 2.39. The maximum atomic E-state index is 8.90. The van der Waals surface area contributed by atoms with Crippen LogP contribution in [0.25, 0.3) is 10.4 Å². The van der Waals surface area contributed by atoms with Crippen LogP contribution in [0.3, 0.4) is 0 Å². The van der Waals surface area contributed by atoms with Gasteiger partial charge in [-0.05, 0) is 36.6 Å². The minimum Gasteiger partial charge on any atom is -0.355 e. The third-order valence-electron chi connectivity index (χ3n) is 6.30. The van der Waals surface area contributed by atoms with Gasteiger partial charge in [0.15, 0.2) is 12.6 Å². The molecule has 0 bridgehead atoms. The molecule has 0 aromatic heterocycles. The van der Waals surface area contributed by atoms with Crippen LogP contribution in [0.1, 0.15) is 48.0 Å². The lowest BCUT2D eigenvalue weighted by Gasteiger charge is -2.48. The van der Waals surface area contributed by atoms with Gasteiger partial charge in [-0.2, -0.15) is 0 Å². The van der Waals surface area contributed by atoms with Crippen LogP contribution in [-0.4, -0.2) is 44.0 Å². The van der Waals surface area contributed by atoms with E-state index < -0.39 is 12.3 Å². The largest absolute Gasteiger partial charge is 0.355 e. The summed E-state index contributed by atoms with van der Waals surface area (Å²) in [4.78, 5) is 2.97. The molecular formula is C18H33N3O4. The summed E-state index contributed by atoms with van der Waals surface area (Å²) in [6.07, 6.45) is -0.204. The van der Waals surface area contributed by atoms with Crippen LogP contribution in [0, 0.1) is 23.7 Å². The van der Waals surface area contributed by atoms with Crippen molar-refractivity contribution in [2.24, 2.45) is 28.8 Å². The predicted octanol–water partition coefficient (Wildman–Crippen LogP) is 4.12. The zero-order chi connectivity index (χ0) is 18.7. The molecule has 0 aromatic rings. The highest BCUT2D eigenvalue weighted by atomic mass is 16.7. The molecular weight excluding hydrogens is 322 g/mol. The molecule has 10 atom stereocenters. The second kappa shape index (κ2) is 8.69. The van der Waals surface area contributed by atoms with E-state index in [4.69, 9.17) is 24.5 Å². The quantitative estimate of drug-likeness (QED) is 0.422. The first-order valence-electron chi connectivity index (χ1n) is 9.39. The Balaban J connectivity index is 2.19. The lowest BCUT2D eigenvalue weighted by molar-refractivity contribution is -0.311. The summed E-state index contributed by atoms with van der Waals surface area (Å²) in [7, 11) is 1.57. The van der Waals surface area contributed by atoms with Gasteiger partial charge in [0, 0.05) is 17.9 Å². The van der Waals surface area contributed by atoms with Gasteiger partial charge in [0.2, 0.25) is 0 Å². The third-order valence-corrected chi connectivity index (χ3v) is 6.30. The summed E-state index contributed by atoms with van der Waals surface area (Å²) in [5, 5.41) is 3.90. The molecule has 2 aliphatic rings. The van der Waals surface area contributed by atoms with Gasteiger partial charge in [-0.1, -0.05) is 39.7 Å². The van der Waals surface area contributed by atoms with Crippen molar-refractivity contribution in [2.45, 2.75) is 84.9 Å². The first-order valence-corrected chi connectivity index (χ1v) is 9.39. The number of ether oxygens (including phenoxy) is 4. The summed E-state index contributed by atoms with van der Waals surface area (Å²) in [5.74, 6) is 1.26. The van der Waals surface area contributed by atoms with E-state index in [0.29, 0.717) is 11.8 Å². The molecule has 0 aromatic carbocycles. The molecule has 0 spiro atoms. The van der Waals surface area contributed by atoms with Crippen molar-refractivity contribution in [3.63, 3.8) is 0 Å². The summed E-state index contributed by atoms with van der Waals surface area (Å²) in [6.45, 7) is 12.9. The molecule has 144 valence electrons. The van der Waals surface area contributed by atoms with Crippen molar-refractivity contribution < 1.29 is 18.9 Å². The van der Waals surface area contributed by atoms with Crippen molar-refractivity contribution in [1.29, 1.82) is 0 Å². The lowest BCUT2D eigenvalue weighted by atomic mass is 9.79. The van der Waals surface area contributed by atoms with Crippen LogP contribution in [0.4, 0.5) is 0 Å². The van der Waals surface area contributed by atoms with Gasteiger partial charge < -0.3 is 18.9 Å². The van der Waals surface area contributed by atoms with E-state index in [-0.39, 0.29) is 36.4 Å². The van der Waals surface area contributed by atoms with Gasteiger partial charge in [0.05, 0.1) is 24.4 Å². The fourth-order valence-corrected chi connectivity index (χ4v) is 3.99. The van der Waals surface area contributed by atoms with Gasteiger partial charge in [0.1, 0.15) is 0 Å². The SMILES string of the molecule is CCC1OC(OC)C(N=[N+]=[N-])C(C)C1OC1OC(C)C(C)C(C)C1C.